The van der Waals surface area contributed by atoms with Crippen LogP contribution in [-0.4, -0.2) is 24.1 Å². The molecule has 3 nitrogen and oxygen atoms in total. The minimum Gasteiger partial charge on any atom is -0.384 e. The Hall–Kier alpha value is -1.25. The number of aromatic nitrogens is 1. The third-order valence-corrected chi connectivity index (χ3v) is 2.90. The second-order valence-corrected chi connectivity index (χ2v) is 4.01. The third-order valence-electron chi connectivity index (χ3n) is 2.90. The number of hydrogen-bond donors (Lipinski definition) is 1. The molecule has 0 aliphatic carbocycles. The highest BCUT2D eigenvalue weighted by molar-refractivity contribution is 5.56. The van der Waals surface area contributed by atoms with Crippen LogP contribution in [0.1, 0.15) is 34.1 Å². The standard InChI is InChI=1S/C13H23N3/c1-5-11(4)16(7-3)13-8-12(15-6-2)9-14-10-13/h8-11,15H,5-7H2,1-4H3. The Kier molecular flexibility index (Phi) is 5.09. The van der Waals surface area contributed by atoms with Crippen LogP contribution >= 0.6 is 0 Å². The van der Waals surface area contributed by atoms with Gasteiger partial charge in [0.2, 0.25) is 0 Å². The van der Waals surface area contributed by atoms with Gasteiger partial charge >= 0.3 is 0 Å². The van der Waals surface area contributed by atoms with Gasteiger partial charge in [-0.2, -0.15) is 0 Å². The highest BCUT2D eigenvalue weighted by atomic mass is 15.2. The number of nitrogens with zero attached hydrogens (tertiary/aromatic N) is 2. The minimum absolute atomic E-state index is 0.559. The maximum absolute atomic E-state index is 4.28. The predicted octanol–water partition coefficient (Wildman–Crippen LogP) is 3.14. The first kappa shape index (κ1) is 12.8. The molecule has 1 aromatic heterocycles. The lowest BCUT2D eigenvalue weighted by molar-refractivity contribution is 0.629. The molecule has 3 heteroatoms. The van der Waals surface area contributed by atoms with Gasteiger partial charge in [-0.1, -0.05) is 6.92 Å². The summed E-state index contributed by atoms with van der Waals surface area (Å²) in [6, 6.07) is 2.73. The van der Waals surface area contributed by atoms with Crippen molar-refractivity contribution in [2.45, 2.75) is 40.2 Å². The lowest BCUT2D eigenvalue weighted by Gasteiger charge is -2.29. The molecule has 0 saturated heterocycles. The van der Waals surface area contributed by atoms with Crippen molar-refractivity contribution in [2.24, 2.45) is 0 Å². The van der Waals surface area contributed by atoms with Gasteiger partial charge in [-0.15, -0.1) is 0 Å². The van der Waals surface area contributed by atoms with Crippen molar-refractivity contribution in [1.29, 1.82) is 0 Å². The van der Waals surface area contributed by atoms with E-state index in [-0.39, 0.29) is 0 Å². The van der Waals surface area contributed by atoms with Crippen LogP contribution in [0.5, 0.6) is 0 Å². The smallest absolute Gasteiger partial charge is 0.0575 e. The van der Waals surface area contributed by atoms with Crippen molar-refractivity contribution in [2.75, 3.05) is 23.3 Å². The molecule has 90 valence electrons. The average Bonchev–Trinajstić information content (AvgIpc) is 2.31. The van der Waals surface area contributed by atoms with Gasteiger partial charge in [0.15, 0.2) is 0 Å². The fourth-order valence-electron chi connectivity index (χ4n) is 1.85. The van der Waals surface area contributed by atoms with Crippen molar-refractivity contribution >= 4 is 11.4 Å². The van der Waals surface area contributed by atoms with E-state index in [4.69, 9.17) is 0 Å². The molecule has 1 aromatic rings. The Morgan fingerprint density at radius 3 is 2.62 bits per heavy atom. The van der Waals surface area contributed by atoms with E-state index in [2.05, 4.69) is 49.0 Å². The predicted molar refractivity (Wildman–Crippen MR) is 71.2 cm³/mol. The number of pyridine rings is 1. The zero-order valence-corrected chi connectivity index (χ0v) is 10.8. The van der Waals surface area contributed by atoms with E-state index in [9.17, 15) is 0 Å². The quantitative estimate of drug-likeness (QED) is 0.800. The molecule has 1 unspecified atom stereocenters. The Labute approximate surface area is 98.9 Å². The average molecular weight is 221 g/mol. The highest BCUT2D eigenvalue weighted by Gasteiger charge is 2.11. The summed E-state index contributed by atoms with van der Waals surface area (Å²) in [4.78, 5) is 6.67. The summed E-state index contributed by atoms with van der Waals surface area (Å²) < 4.78 is 0. The molecule has 1 atom stereocenters. The summed E-state index contributed by atoms with van der Waals surface area (Å²) in [6.07, 6.45) is 4.97. The molecular weight excluding hydrogens is 198 g/mol. The van der Waals surface area contributed by atoms with Crippen molar-refractivity contribution in [3.05, 3.63) is 18.5 Å². The second-order valence-electron chi connectivity index (χ2n) is 4.01. The van der Waals surface area contributed by atoms with Gasteiger partial charge in [0, 0.05) is 19.1 Å². The maximum atomic E-state index is 4.28. The molecule has 0 aliphatic rings. The van der Waals surface area contributed by atoms with E-state index < -0.39 is 0 Å². The van der Waals surface area contributed by atoms with Gasteiger partial charge in [-0.05, 0) is 33.3 Å². The zero-order valence-electron chi connectivity index (χ0n) is 10.8. The van der Waals surface area contributed by atoms with Crippen LogP contribution in [0.2, 0.25) is 0 Å². The van der Waals surface area contributed by atoms with Crippen LogP contribution in [0.4, 0.5) is 11.4 Å². The maximum Gasteiger partial charge on any atom is 0.0575 e. The summed E-state index contributed by atoms with van der Waals surface area (Å²) in [5, 5.41) is 3.29. The zero-order chi connectivity index (χ0) is 12.0. The van der Waals surface area contributed by atoms with Crippen molar-refractivity contribution in [3.8, 4) is 0 Å². The van der Waals surface area contributed by atoms with Crippen molar-refractivity contribution in [1.82, 2.24) is 4.98 Å². The van der Waals surface area contributed by atoms with Crippen molar-refractivity contribution < 1.29 is 0 Å². The first-order valence-corrected chi connectivity index (χ1v) is 6.18. The summed E-state index contributed by atoms with van der Waals surface area (Å²) in [6.45, 7) is 10.7. The van der Waals surface area contributed by atoms with Crippen LogP contribution in [0.25, 0.3) is 0 Å². The molecule has 1 heterocycles. The van der Waals surface area contributed by atoms with Crippen LogP contribution < -0.4 is 10.2 Å². The first-order chi connectivity index (χ1) is 7.72. The molecule has 0 bridgehead atoms. The first-order valence-electron chi connectivity index (χ1n) is 6.18. The monoisotopic (exact) mass is 221 g/mol. The molecule has 0 aliphatic heterocycles. The molecule has 0 spiro atoms. The van der Waals surface area contributed by atoms with Crippen LogP contribution in [0, 0.1) is 0 Å². The van der Waals surface area contributed by atoms with Gasteiger partial charge in [0.1, 0.15) is 0 Å². The van der Waals surface area contributed by atoms with Crippen LogP contribution in [0.15, 0.2) is 18.5 Å². The number of anilines is 2. The van der Waals surface area contributed by atoms with Gasteiger partial charge < -0.3 is 10.2 Å². The van der Waals surface area contributed by atoms with Gasteiger partial charge in [-0.25, -0.2) is 0 Å². The molecular formula is C13H23N3. The van der Waals surface area contributed by atoms with E-state index in [0.29, 0.717) is 6.04 Å². The summed E-state index contributed by atoms with van der Waals surface area (Å²) in [7, 11) is 0. The fourth-order valence-corrected chi connectivity index (χ4v) is 1.85. The minimum atomic E-state index is 0.559. The molecule has 0 aromatic carbocycles. The second kappa shape index (κ2) is 6.36. The SMILES string of the molecule is CCNc1cncc(N(CC)C(C)CC)c1. The molecule has 1 N–H and O–H groups in total. The lowest BCUT2D eigenvalue weighted by atomic mass is 10.2. The molecule has 0 fully saturated rings. The van der Waals surface area contributed by atoms with E-state index in [1.165, 1.54) is 5.69 Å². The van der Waals surface area contributed by atoms with E-state index in [1.807, 2.05) is 12.4 Å². The van der Waals surface area contributed by atoms with E-state index in [1.54, 1.807) is 0 Å². The molecule has 1 rings (SSSR count). The van der Waals surface area contributed by atoms with Crippen LogP contribution in [-0.2, 0) is 0 Å². The van der Waals surface area contributed by atoms with E-state index >= 15 is 0 Å². The molecule has 0 saturated carbocycles. The molecule has 16 heavy (non-hydrogen) atoms. The topological polar surface area (TPSA) is 28.2 Å². The molecule has 0 radical (unpaired) electrons. The highest BCUT2D eigenvalue weighted by Crippen LogP contribution is 2.20. The fraction of sp³-hybridized carbons (Fsp3) is 0.615. The third kappa shape index (κ3) is 3.12. The lowest BCUT2D eigenvalue weighted by Crippen LogP contribution is -2.32. The summed E-state index contributed by atoms with van der Waals surface area (Å²) >= 11 is 0. The van der Waals surface area contributed by atoms with Gasteiger partial charge in [0.25, 0.3) is 0 Å². The number of nitrogens with one attached hydrogen (secondary N) is 1. The Bertz CT molecular complexity index is 312. The molecule has 0 amide bonds. The Morgan fingerprint density at radius 2 is 2.06 bits per heavy atom. The normalized spacial score (nSPS) is 12.2. The van der Waals surface area contributed by atoms with Crippen molar-refractivity contribution in [3.63, 3.8) is 0 Å². The van der Waals surface area contributed by atoms with Crippen LogP contribution in [0.3, 0.4) is 0 Å². The Morgan fingerprint density at radius 1 is 1.31 bits per heavy atom. The van der Waals surface area contributed by atoms with Gasteiger partial charge in [-0.3, -0.25) is 4.98 Å². The summed E-state index contributed by atoms with van der Waals surface area (Å²) in [5.41, 5.74) is 2.30. The number of hydrogen-bond acceptors (Lipinski definition) is 3. The van der Waals surface area contributed by atoms with E-state index in [0.717, 1.165) is 25.2 Å². The Balaban J connectivity index is 2.87. The summed E-state index contributed by atoms with van der Waals surface area (Å²) in [5.74, 6) is 0. The number of rotatable bonds is 6. The van der Waals surface area contributed by atoms with Gasteiger partial charge in [0.05, 0.1) is 23.8 Å². The largest absolute Gasteiger partial charge is 0.384 e.